The second-order valence-corrected chi connectivity index (χ2v) is 7.17. The van der Waals surface area contributed by atoms with Crippen molar-refractivity contribution in [3.8, 4) is 0 Å². The lowest BCUT2D eigenvalue weighted by molar-refractivity contribution is -0.141. The summed E-state index contributed by atoms with van der Waals surface area (Å²) in [4.78, 5) is 23.3. The van der Waals surface area contributed by atoms with Crippen molar-refractivity contribution >= 4 is 34.3 Å². The van der Waals surface area contributed by atoms with Crippen LogP contribution in [-0.4, -0.2) is 22.2 Å². The number of amides is 1. The van der Waals surface area contributed by atoms with Gasteiger partial charge < -0.3 is 10.2 Å². The average molecular weight is 335 g/mol. The highest BCUT2D eigenvalue weighted by atomic mass is 32.1. The zero-order chi connectivity index (χ0) is 15.6. The number of oxime groups is 1. The van der Waals surface area contributed by atoms with E-state index in [2.05, 4.69) is 22.4 Å². The van der Waals surface area contributed by atoms with Crippen molar-refractivity contribution in [1.29, 1.82) is 0 Å². The van der Waals surface area contributed by atoms with Gasteiger partial charge in [-0.15, -0.1) is 22.7 Å². The van der Waals surface area contributed by atoms with Gasteiger partial charge in [-0.1, -0.05) is 18.1 Å². The van der Waals surface area contributed by atoms with Crippen LogP contribution in [0.15, 0.2) is 28.0 Å². The molecule has 5 nitrogen and oxygen atoms in total. The lowest BCUT2D eigenvalue weighted by atomic mass is 9.98. The van der Waals surface area contributed by atoms with Gasteiger partial charge in [-0.2, -0.15) is 0 Å². The third kappa shape index (κ3) is 3.05. The summed E-state index contributed by atoms with van der Waals surface area (Å²) in [5.74, 6) is -0.158. The standard InChI is InChI=1S/C15H17N3O2S2/c1-3-13-17-10(9-22-13)8-16-14(19)15(2)7-11(18-20-15)12-5-4-6-21-12/h4-6,9H,3,7-8H2,1-2H3,(H,16,19). The van der Waals surface area contributed by atoms with Crippen LogP contribution in [-0.2, 0) is 22.6 Å². The Kier molecular flexibility index (Phi) is 4.26. The van der Waals surface area contributed by atoms with Crippen LogP contribution in [0.25, 0.3) is 0 Å². The van der Waals surface area contributed by atoms with Gasteiger partial charge in [0.15, 0.2) is 0 Å². The van der Waals surface area contributed by atoms with Gasteiger partial charge in [0.2, 0.25) is 5.60 Å². The number of thiophene rings is 1. The molecule has 0 radical (unpaired) electrons. The maximum Gasteiger partial charge on any atom is 0.267 e. The van der Waals surface area contributed by atoms with E-state index in [1.807, 2.05) is 22.9 Å². The molecule has 0 bridgehead atoms. The SMILES string of the molecule is CCc1nc(CNC(=O)C2(C)CC(c3cccs3)=NO2)cs1. The van der Waals surface area contributed by atoms with Gasteiger partial charge in [-0.3, -0.25) is 4.79 Å². The third-order valence-electron chi connectivity index (χ3n) is 3.48. The van der Waals surface area contributed by atoms with Crippen molar-refractivity contribution in [2.24, 2.45) is 5.16 Å². The fourth-order valence-electron chi connectivity index (χ4n) is 2.19. The van der Waals surface area contributed by atoms with Crippen molar-refractivity contribution in [3.63, 3.8) is 0 Å². The smallest absolute Gasteiger partial charge is 0.267 e. The number of rotatable bonds is 5. The molecule has 0 saturated heterocycles. The van der Waals surface area contributed by atoms with E-state index in [-0.39, 0.29) is 5.91 Å². The molecule has 1 N–H and O–H groups in total. The number of thiazole rings is 1. The van der Waals surface area contributed by atoms with Gasteiger partial charge in [-0.25, -0.2) is 4.98 Å². The summed E-state index contributed by atoms with van der Waals surface area (Å²) in [6, 6.07) is 3.95. The molecular weight excluding hydrogens is 318 g/mol. The van der Waals surface area contributed by atoms with E-state index in [1.54, 1.807) is 29.6 Å². The molecule has 0 fully saturated rings. The van der Waals surface area contributed by atoms with Gasteiger partial charge in [0, 0.05) is 11.8 Å². The van der Waals surface area contributed by atoms with E-state index in [1.165, 1.54) is 0 Å². The van der Waals surface area contributed by atoms with Crippen molar-refractivity contribution in [3.05, 3.63) is 38.5 Å². The lowest BCUT2D eigenvalue weighted by Gasteiger charge is -2.19. The number of aromatic nitrogens is 1. The van der Waals surface area contributed by atoms with Gasteiger partial charge in [0.25, 0.3) is 5.91 Å². The molecule has 0 aliphatic carbocycles. The van der Waals surface area contributed by atoms with Crippen LogP contribution < -0.4 is 5.32 Å². The second kappa shape index (κ2) is 6.18. The number of hydrogen-bond acceptors (Lipinski definition) is 6. The van der Waals surface area contributed by atoms with Crippen LogP contribution in [0, 0.1) is 0 Å². The Bertz CT molecular complexity index is 693. The lowest BCUT2D eigenvalue weighted by Crippen LogP contribution is -2.44. The van der Waals surface area contributed by atoms with Crippen LogP contribution in [0.4, 0.5) is 0 Å². The largest absolute Gasteiger partial charge is 0.379 e. The predicted molar refractivity (Wildman–Crippen MR) is 88.3 cm³/mol. The first kappa shape index (κ1) is 15.2. The van der Waals surface area contributed by atoms with E-state index >= 15 is 0 Å². The first-order valence-electron chi connectivity index (χ1n) is 7.11. The second-order valence-electron chi connectivity index (χ2n) is 5.28. The molecule has 1 amide bonds. The minimum atomic E-state index is -0.942. The first-order valence-corrected chi connectivity index (χ1v) is 8.87. The van der Waals surface area contributed by atoms with Gasteiger partial charge >= 0.3 is 0 Å². The molecule has 7 heteroatoms. The highest BCUT2D eigenvalue weighted by molar-refractivity contribution is 7.12. The van der Waals surface area contributed by atoms with E-state index < -0.39 is 5.60 Å². The summed E-state index contributed by atoms with van der Waals surface area (Å²) in [5, 5.41) is 12.0. The van der Waals surface area contributed by atoms with Crippen molar-refractivity contribution in [1.82, 2.24) is 10.3 Å². The summed E-state index contributed by atoms with van der Waals surface area (Å²) in [6.07, 6.45) is 1.40. The quantitative estimate of drug-likeness (QED) is 0.913. The zero-order valence-corrected chi connectivity index (χ0v) is 14.1. The molecule has 1 atom stereocenters. The Balaban J connectivity index is 1.58. The van der Waals surface area contributed by atoms with Crippen molar-refractivity contribution in [2.75, 3.05) is 0 Å². The fourth-order valence-corrected chi connectivity index (χ4v) is 3.64. The van der Waals surface area contributed by atoms with Gasteiger partial charge in [-0.05, 0) is 24.8 Å². The van der Waals surface area contributed by atoms with Crippen LogP contribution >= 0.6 is 22.7 Å². The summed E-state index contributed by atoms with van der Waals surface area (Å²) < 4.78 is 0. The van der Waals surface area contributed by atoms with E-state index in [0.717, 1.165) is 27.7 Å². The summed E-state index contributed by atoms with van der Waals surface area (Å²) >= 11 is 3.21. The maximum atomic E-state index is 12.4. The number of nitrogens with one attached hydrogen (secondary N) is 1. The molecule has 1 aliphatic heterocycles. The number of aryl methyl sites for hydroxylation is 1. The maximum absolute atomic E-state index is 12.4. The van der Waals surface area contributed by atoms with E-state index in [0.29, 0.717) is 13.0 Å². The fraction of sp³-hybridized carbons (Fsp3) is 0.400. The Morgan fingerprint density at radius 1 is 1.50 bits per heavy atom. The van der Waals surface area contributed by atoms with Crippen molar-refractivity contribution < 1.29 is 9.63 Å². The molecule has 0 spiro atoms. The number of carbonyl (C=O) groups excluding carboxylic acids is 1. The zero-order valence-electron chi connectivity index (χ0n) is 12.5. The molecule has 2 aromatic rings. The molecule has 116 valence electrons. The normalized spacial score (nSPS) is 20.5. The highest BCUT2D eigenvalue weighted by Crippen LogP contribution is 2.28. The predicted octanol–water partition coefficient (Wildman–Crippen LogP) is 2.97. The molecule has 22 heavy (non-hydrogen) atoms. The van der Waals surface area contributed by atoms with Gasteiger partial charge in [0.05, 0.1) is 22.1 Å². The summed E-state index contributed by atoms with van der Waals surface area (Å²) in [6.45, 7) is 4.26. The Hall–Kier alpha value is -1.73. The molecule has 1 aliphatic rings. The first-order chi connectivity index (χ1) is 10.6. The molecule has 3 heterocycles. The molecule has 3 rings (SSSR count). The number of nitrogens with zero attached hydrogens (tertiary/aromatic N) is 2. The Labute approximate surface area is 137 Å². The minimum Gasteiger partial charge on any atom is -0.379 e. The topological polar surface area (TPSA) is 63.6 Å². The van der Waals surface area contributed by atoms with Gasteiger partial charge in [0.1, 0.15) is 5.71 Å². The van der Waals surface area contributed by atoms with E-state index in [9.17, 15) is 4.79 Å². The molecule has 1 unspecified atom stereocenters. The minimum absolute atomic E-state index is 0.158. The van der Waals surface area contributed by atoms with Crippen molar-refractivity contribution in [2.45, 2.75) is 38.8 Å². The Morgan fingerprint density at radius 3 is 3.05 bits per heavy atom. The molecule has 0 aromatic carbocycles. The molecular formula is C15H17N3O2S2. The van der Waals surface area contributed by atoms with Crippen LogP contribution in [0.1, 0.15) is 35.8 Å². The molecule has 0 saturated carbocycles. The van der Waals surface area contributed by atoms with E-state index in [4.69, 9.17) is 4.84 Å². The average Bonchev–Trinajstić information content (AvgIpc) is 3.25. The molecule has 2 aromatic heterocycles. The Morgan fingerprint density at radius 2 is 2.36 bits per heavy atom. The summed E-state index contributed by atoms with van der Waals surface area (Å²) in [5.41, 5.74) is 0.772. The third-order valence-corrected chi connectivity index (χ3v) is 5.44. The number of carbonyl (C=O) groups is 1. The van der Waals surface area contributed by atoms with Crippen LogP contribution in [0.5, 0.6) is 0 Å². The van der Waals surface area contributed by atoms with Crippen LogP contribution in [0.3, 0.4) is 0 Å². The monoisotopic (exact) mass is 335 g/mol. The summed E-state index contributed by atoms with van der Waals surface area (Å²) in [7, 11) is 0. The van der Waals surface area contributed by atoms with Crippen LogP contribution in [0.2, 0.25) is 0 Å². The number of hydrogen-bond donors (Lipinski definition) is 1. The highest BCUT2D eigenvalue weighted by Gasteiger charge is 2.42.